The van der Waals surface area contributed by atoms with Gasteiger partial charge in [-0.15, -0.1) is 0 Å². The number of alkyl carbamates (subject to hydrolysis) is 1. The van der Waals surface area contributed by atoms with E-state index in [-0.39, 0.29) is 44.3 Å². The number of amides is 4. The van der Waals surface area contributed by atoms with E-state index in [1.807, 2.05) is 143 Å². The van der Waals surface area contributed by atoms with Crippen molar-refractivity contribution in [3.05, 3.63) is 132 Å². The number of ether oxygens (including phenoxy) is 1. The first kappa shape index (κ1) is 44.3. The summed E-state index contributed by atoms with van der Waals surface area (Å²) in [5.41, 5.74) is 2.41. The Labute approximate surface area is 346 Å². The quantitative estimate of drug-likeness (QED) is 0.0533. The second-order valence-corrected chi connectivity index (χ2v) is 15.8. The molecular formula is C48H58N4O7. The zero-order chi connectivity index (χ0) is 42.3. The molecule has 5 rings (SSSR count). The van der Waals surface area contributed by atoms with Gasteiger partial charge >= 0.3 is 6.09 Å². The highest BCUT2D eigenvalue weighted by atomic mass is 16.5. The average Bonchev–Trinajstić information content (AvgIpc) is 3.24. The largest absolute Gasteiger partial charge is 0.445 e. The molecule has 5 aromatic rings. The highest BCUT2D eigenvalue weighted by Crippen LogP contribution is 2.23. The fourth-order valence-electron chi connectivity index (χ4n) is 7.33. The molecule has 0 spiro atoms. The van der Waals surface area contributed by atoms with Crippen LogP contribution in [0.15, 0.2) is 115 Å². The summed E-state index contributed by atoms with van der Waals surface area (Å²) in [5.74, 6) is -1.54. The van der Waals surface area contributed by atoms with Crippen LogP contribution in [0.1, 0.15) is 63.6 Å². The maximum absolute atomic E-state index is 14.5. The molecule has 0 saturated carbocycles. The average molecular weight is 803 g/mol. The summed E-state index contributed by atoms with van der Waals surface area (Å²) in [6, 6.07) is 32.7. The number of carbonyl (C=O) groups is 4. The van der Waals surface area contributed by atoms with Crippen LogP contribution in [-0.4, -0.2) is 70.9 Å². The molecule has 312 valence electrons. The van der Waals surface area contributed by atoms with Gasteiger partial charge < -0.3 is 36.2 Å². The number of rotatable bonds is 20. The first-order chi connectivity index (χ1) is 28.4. The lowest BCUT2D eigenvalue weighted by Gasteiger charge is -2.30. The van der Waals surface area contributed by atoms with Gasteiger partial charge in [-0.1, -0.05) is 149 Å². The van der Waals surface area contributed by atoms with E-state index < -0.39 is 54.1 Å². The molecule has 0 unspecified atom stereocenters. The van der Waals surface area contributed by atoms with Crippen LogP contribution in [0.5, 0.6) is 0 Å². The number of aliphatic hydroxyl groups excluding tert-OH is 2. The molecule has 0 aliphatic heterocycles. The van der Waals surface area contributed by atoms with Gasteiger partial charge in [0, 0.05) is 12.8 Å². The molecule has 0 aromatic heterocycles. The maximum atomic E-state index is 14.5. The summed E-state index contributed by atoms with van der Waals surface area (Å²) in [4.78, 5) is 55.5. The van der Waals surface area contributed by atoms with Crippen molar-refractivity contribution in [3.63, 3.8) is 0 Å². The monoisotopic (exact) mass is 802 g/mol. The van der Waals surface area contributed by atoms with Gasteiger partial charge in [-0.2, -0.15) is 0 Å². The molecule has 0 aliphatic carbocycles. The molecule has 11 heteroatoms. The minimum Gasteiger partial charge on any atom is -0.445 e. The van der Waals surface area contributed by atoms with E-state index in [2.05, 4.69) is 21.3 Å². The van der Waals surface area contributed by atoms with Gasteiger partial charge in [0.25, 0.3) is 0 Å². The molecule has 11 nitrogen and oxygen atoms in total. The zero-order valence-corrected chi connectivity index (χ0v) is 34.4. The third kappa shape index (κ3) is 12.9. The van der Waals surface area contributed by atoms with Gasteiger partial charge in [0.05, 0.1) is 31.2 Å². The highest BCUT2D eigenvalue weighted by molar-refractivity contribution is 5.94. The number of fused-ring (bicyclic) bond motifs is 2. The van der Waals surface area contributed by atoms with Crippen molar-refractivity contribution in [2.75, 3.05) is 6.61 Å². The van der Waals surface area contributed by atoms with Crippen molar-refractivity contribution in [1.29, 1.82) is 0 Å². The smallest absolute Gasteiger partial charge is 0.408 e. The molecule has 0 saturated heterocycles. The van der Waals surface area contributed by atoms with E-state index in [0.29, 0.717) is 6.42 Å². The van der Waals surface area contributed by atoms with Gasteiger partial charge in [-0.05, 0) is 56.5 Å². The third-order valence-electron chi connectivity index (χ3n) is 10.8. The van der Waals surface area contributed by atoms with Crippen LogP contribution in [0.2, 0.25) is 0 Å². The summed E-state index contributed by atoms with van der Waals surface area (Å²) in [5, 5.41) is 36.6. The van der Waals surface area contributed by atoms with Gasteiger partial charge in [0.1, 0.15) is 18.7 Å². The van der Waals surface area contributed by atoms with E-state index in [9.17, 15) is 29.4 Å². The highest BCUT2D eigenvalue weighted by Gasteiger charge is 2.32. The number of carbonyl (C=O) groups excluding carboxylic acids is 4. The summed E-state index contributed by atoms with van der Waals surface area (Å²) in [6.07, 6.45) is -1.06. The van der Waals surface area contributed by atoms with Crippen molar-refractivity contribution in [3.8, 4) is 0 Å². The summed E-state index contributed by atoms with van der Waals surface area (Å²) < 4.78 is 5.54. The second-order valence-electron chi connectivity index (χ2n) is 15.8. The lowest BCUT2D eigenvalue weighted by molar-refractivity contribution is -0.131. The Morgan fingerprint density at radius 1 is 0.627 bits per heavy atom. The predicted octanol–water partition coefficient (Wildman–Crippen LogP) is 6.36. The molecule has 6 N–H and O–H groups in total. The Bertz CT molecular complexity index is 2150. The zero-order valence-electron chi connectivity index (χ0n) is 34.4. The van der Waals surface area contributed by atoms with Gasteiger partial charge in [0.2, 0.25) is 17.7 Å². The van der Waals surface area contributed by atoms with Crippen LogP contribution in [0.4, 0.5) is 4.79 Å². The summed E-state index contributed by atoms with van der Waals surface area (Å²) in [6.45, 7) is 7.56. The van der Waals surface area contributed by atoms with Crippen molar-refractivity contribution in [2.45, 2.75) is 96.7 Å². The summed E-state index contributed by atoms with van der Waals surface area (Å²) >= 11 is 0. The van der Waals surface area contributed by atoms with Crippen LogP contribution in [0.3, 0.4) is 0 Å². The fourth-order valence-corrected chi connectivity index (χ4v) is 7.33. The molecule has 0 bridgehead atoms. The van der Waals surface area contributed by atoms with E-state index in [1.54, 1.807) is 0 Å². The van der Waals surface area contributed by atoms with Crippen LogP contribution >= 0.6 is 0 Å². The normalized spacial score (nSPS) is 14.4. The summed E-state index contributed by atoms with van der Waals surface area (Å²) in [7, 11) is 0. The van der Waals surface area contributed by atoms with Crippen molar-refractivity contribution >= 4 is 45.4 Å². The number of hydrogen-bond acceptors (Lipinski definition) is 7. The molecule has 59 heavy (non-hydrogen) atoms. The number of hydrogen-bond donors (Lipinski definition) is 6. The fraction of sp³-hybridized carbons (Fsp3) is 0.375. The maximum Gasteiger partial charge on any atom is 0.408 e. The topological polar surface area (TPSA) is 166 Å². The van der Waals surface area contributed by atoms with E-state index in [1.165, 1.54) is 0 Å². The van der Waals surface area contributed by atoms with Crippen LogP contribution in [-0.2, 0) is 38.6 Å². The molecule has 5 aromatic carbocycles. The van der Waals surface area contributed by atoms with Crippen molar-refractivity contribution in [2.24, 2.45) is 11.8 Å². The third-order valence-corrected chi connectivity index (χ3v) is 10.8. The SMILES string of the molecule is CC[C@H](C)[C@@H](CO)NC(=O)C[C@H](O)[C@H](CC(C)C)NC(=O)[C@H](Cc1cccc2ccccc12)NC(=O)[C@H](Cc1cccc2ccccc12)NC(=O)OCc1ccccc1. The first-order valence-electron chi connectivity index (χ1n) is 20.5. The lowest BCUT2D eigenvalue weighted by Crippen LogP contribution is -2.57. The Hall–Kier alpha value is -5.78. The Morgan fingerprint density at radius 2 is 1.15 bits per heavy atom. The molecule has 0 aliphatic rings. The lowest BCUT2D eigenvalue weighted by atomic mass is 9.94. The van der Waals surface area contributed by atoms with E-state index in [4.69, 9.17) is 4.74 Å². The Morgan fingerprint density at radius 3 is 1.71 bits per heavy atom. The van der Waals surface area contributed by atoms with Crippen molar-refractivity contribution in [1.82, 2.24) is 21.3 Å². The molecule has 4 amide bonds. The minimum atomic E-state index is -1.26. The van der Waals surface area contributed by atoms with Crippen LogP contribution in [0, 0.1) is 11.8 Å². The standard InChI is InChI=1S/C48H58N4O7/c1-5-32(4)43(29-53)49-45(55)28-44(54)40(25-31(2)3)50-46(56)41(26-36-21-13-19-34-17-9-11-23-38(34)36)51-47(57)42(52-48(58)59-30-33-15-7-6-8-16-33)27-37-22-14-20-35-18-10-12-24-39(35)37/h6-24,31-32,40-44,53-54H,5,25-30H2,1-4H3,(H,49,55)(H,50,56)(H,51,57)(H,52,58)/t32-,40-,41-,42-,43+,44-/m0/s1. The number of nitrogens with one attached hydrogen (secondary N) is 4. The van der Waals surface area contributed by atoms with Crippen LogP contribution in [0.25, 0.3) is 21.5 Å². The molecular weight excluding hydrogens is 745 g/mol. The second kappa shape index (κ2) is 21.8. The van der Waals surface area contributed by atoms with Crippen LogP contribution < -0.4 is 21.3 Å². The molecule has 6 atom stereocenters. The minimum absolute atomic E-state index is 0.00271. The predicted molar refractivity (Wildman–Crippen MR) is 231 cm³/mol. The van der Waals surface area contributed by atoms with E-state index in [0.717, 1.165) is 44.7 Å². The van der Waals surface area contributed by atoms with Gasteiger partial charge in [-0.3, -0.25) is 14.4 Å². The first-order valence-corrected chi connectivity index (χ1v) is 20.5. The van der Waals surface area contributed by atoms with Gasteiger partial charge in [-0.25, -0.2) is 4.79 Å². The van der Waals surface area contributed by atoms with E-state index >= 15 is 0 Å². The Balaban J connectivity index is 1.43. The van der Waals surface area contributed by atoms with Gasteiger partial charge in [0.15, 0.2) is 0 Å². The molecule has 0 fully saturated rings. The Kier molecular flexibility index (Phi) is 16.4. The number of aliphatic hydroxyl groups is 2. The number of benzene rings is 5. The molecule has 0 radical (unpaired) electrons. The van der Waals surface area contributed by atoms with Crippen molar-refractivity contribution < 1.29 is 34.1 Å². The molecule has 0 heterocycles.